The standard InChI is InChI=1S/C15H9F2NO2/c16-13-4-11(7-18)3-12(5-13)9-20-15-2-1-10(8-19)6-14(15)17/h1-6,8H,9H2. The molecular weight excluding hydrogens is 264 g/mol. The van der Waals surface area contributed by atoms with Crippen molar-refractivity contribution in [1.29, 1.82) is 5.26 Å². The molecule has 0 radical (unpaired) electrons. The second kappa shape index (κ2) is 5.93. The van der Waals surface area contributed by atoms with Crippen LogP contribution in [0.1, 0.15) is 21.5 Å². The Kier molecular flexibility index (Phi) is 4.06. The third-order valence-corrected chi connectivity index (χ3v) is 2.57. The molecule has 0 aliphatic rings. The molecule has 0 bridgehead atoms. The van der Waals surface area contributed by atoms with E-state index in [9.17, 15) is 13.6 Å². The van der Waals surface area contributed by atoms with E-state index in [0.717, 1.165) is 12.1 Å². The van der Waals surface area contributed by atoms with Gasteiger partial charge in [0.15, 0.2) is 11.6 Å². The molecule has 0 unspecified atom stereocenters. The molecule has 0 saturated heterocycles. The zero-order valence-corrected chi connectivity index (χ0v) is 10.3. The van der Waals surface area contributed by atoms with Gasteiger partial charge in [0.1, 0.15) is 18.7 Å². The molecule has 0 N–H and O–H groups in total. The summed E-state index contributed by atoms with van der Waals surface area (Å²) in [6, 6.07) is 9.38. The Morgan fingerprint density at radius 3 is 2.65 bits per heavy atom. The number of benzene rings is 2. The molecule has 0 saturated carbocycles. The van der Waals surface area contributed by atoms with Gasteiger partial charge in [-0.3, -0.25) is 4.79 Å². The number of rotatable bonds is 4. The third-order valence-electron chi connectivity index (χ3n) is 2.57. The molecule has 0 heterocycles. The Balaban J connectivity index is 2.15. The number of carbonyl (C=O) groups is 1. The maximum atomic E-state index is 13.6. The van der Waals surface area contributed by atoms with Crippen LogP contribution in [0.4, 0.5) is 8.78 Å². The molecule has 2 aromatic carbocycles. The van der Waals surface area contributed by atoms with Crippen LogP contribution in [0.2, 0.25) is 0 Å². The summed E-state index contributed by atoms with van der Waals surface area (Å²) in [6.45, 7) is -0.0796. The van der Waals surface area contributed by atoms with Gasteiger partial charge in [0.25, 0.3) is 0 Å². The molecule has 0 atom stereocenters. The highest BCUT2D eigenvalue weighted by molar-refractivity contribution is 5.74. The lowest BCUT2D eigenvalue weighted by molar-refractivity contribution is 0.112. The van der Waals surface area contributed by atoms with Crippen molar-refractivity contribution >= 4 is 6.29 Å². The van der Waals surface area contributed by atoms with Crippen LogP contribution >= 0.6 is 0 Å². The van der Waals surface area contributed by atoms with Gasteiger partial charge in [0.2, 0.25) is 0 Å². The Bertz CT molecular complexity index is 693. The second-order valence-corrected chi connectivity index (χ2v) is 4.06. The molecule has 0 aliphatic heterocycles. The van der Waals surface area contributed by atoms with Gasteiger partial charge in [-0.05, 0) is 42.0 Å². The minimum atomic E-state index is -0.675. The lowest BCUT2D eigenvalue weighted by atomic mass is 10.1. The van der Waals surface area contributed by atoms with E-state index in [-0.39, 0.29) is 23.5 Å². The molecule has 2 rings (SSSR count). The molecular formula is C15H9F2NO2. The van der Waals surface area contributed by atoms with E-state index < -0.39 is 11.6 Å². The summed E-state index contributed by atoms with van der Waals surface area (Å²) in [5.41, 5.74) is 0.785. The number of nitriles is 1. The van der Waals surface area contributed by atoms with Crippen molar-refractivity contribution in [2.24, 2.45) is 0 Å². The monoisotopic (exact) mass is 273 g/mol. The van der Waals surface area contributed by atoms with Crippen molar-refractivity contribution in [3.63, 3.8) is 0 Å². The number of halogens is 2. The molecule has 20 heavy (non-hydrogen) atoms. The fraction of sp³-hybridized carbons (Fsp3) is 0.0667. The van der Waals surface area contributed by atoms with Crippen molar-refractivity contribution in [3.05, 3.63) is 64.7 Å². The molecule has 3 nitrogen and oxygen atoms in total. The predicted octanol–water partition coefficient (Wildman–Crippen LogP) is 3.23. The van der Waals surface area contributed by atoms with Crippen molar-refractivity contribution in [2.45, 2.75) is 6.61 Å². The minimum Gasteiger partial charge on any atom is -0.486 e. The predicted molar refractivity (Wildman–Crippen MR) is 67.2 cm³/mol. The van der Waals surface area contributed by atoms with Crippen LogP contribution in [0.15, 0.2) is 36.4 Å². The maximum Gasteiger partial charge on any atom is 0.165 e. The molecule has 0 amide bonds. The highest BCUT2D eigenvalue weighted by Crippen LogP contribution is 2.19. The maximum absolute atomic E-state index is 13.6. The van der Waals surface area contributed by atoms with E-state index in [1.54, 1.807) is 0 Å². The Morgan fingerprint density at radius 1 is 1.20 bits per heavy atom. The summed E-state index contributed by atoms with van der Waals surface area (Å²) in [4.78, 5) is 10.5. The van der Waals surface area contributed by atoms with Crippen molar-refractivity contribution in [1.82, 2.24) is 0 Å². The van der Waals surface area contributed by atoms with Gasteiger partial charge in [-0.25, -0.2) is 8.78 Å². The van der Waals surface area contributed by atoms with Crippen LogP contribution in [-0.4, -0.2) is 6.29 Å². The number of carbonyl (C=O) groups excluding carboxylic acids is 1. The summed E-state index contributed by atoms with van der Waals surface area (Å²) in [5, 5.41) is 8.72. The van der Waals surface area contributed by atoms with Crippen LogP contribution in [0, 0.1) is 23.0 Å². The third kappa shape index (κ3) is 3.18. The first-order valence-corrected chi connectivity index (χ1v) is 5.69. The highest BCUT2D eigenvalue weighted by Gasteiger charge is 2.06. The summed E-state index contributed by atoms with van der Waals surface area (Å²) in [7, 11) is 0. The zero-order chi connectivity index (χ0) is 14.5. The van der Waals surface area contributed by atoms with E-state index in [2.05, 4.69) is 0 Å². The number of ether oxygens (including phenoxy) is 1. The number of nitrogens with zero attached hydrogens (tertiary/aromatic N) is 1. The molecule has 100 valence electrons. The first-order valence-electron chi connectivity index (χ1n) is 5.69. The summed E-state index contributed by atoms with van der Waals surface area (Å²) < 4.78 is 32.0. The van der Waals surface area contributed by atoms with Gasteiger partial charge in [0.05, 0.1) is 11.6 Å². The van der Waals surface area contributed by atoms with Crippen LogP contribution in [-0.2, 0) is 6.61 Å². The normalized spacial score (nSPS) is 9.85. The van der Waals surface area contributed by atoms with Crippen LogP contribution < -0.4 is 4.74 Å². The topological polar surface area (TPSA) is 50.1 Å². The average Bonchev–Trinajstić information content (AvgIpc) is 2.45. The Morgan fingerprint density at radius 2 is 2.00 bits per heavy atom. The van der Waals surface area contributed by atoms with Crippen LogP contribution in [0.5, 0.6) is 5.75 Å². The first kappa shape index (κ1) is 13.7. The van der Waals surface area contributed by atoms with E-state index >= 15 is 0 Å². The lowest BCUT2D eigenvalue weighted by Gasteiger charge is -2.08. The van der Waals surface area contributed by atoms with Gasteiger partial charge in [-0.15, -0.1) is 0 Å². The van der Waals surface area contributed by atoms with Crippen LogP contribution in [0.25, 0.3) is 0 Å². The molecule has 0 aliphatic carbocycles. The summed E-state index contributed by atoms with van der Waals surface area (Å²) in [5.74, 6) is -1.27. The SMILES string of the molecule is N#Cc1cc(F)cc(COc2ccc(C=O)cc2F)c1. The number of hydrogen-bond acceptors (Lipinski definition) is 3. The molecule has 0 aromatic heterocycles. The van der Waals surface area contributed by atoms with Crippen molar-refractivity contribution in [2.75, 3.05) is 0 Å². The molecule has 0 fully saturated rings. The second-order valence-electron chi connectivity index (χ2n) is 4.06. The summed E-state index contributed by atoms with van der Waals surface area (Å²) >= 11 is 0. The largest absolute Gasteiger partial charge is 0.486 e. The molecule has 0 spiro atoms. The van der Waals surface area contributed by atoms with Crippen molar-refractivity contribution < 1.29 is 18.3 Å². The van der Waals surface area contributed by atoms with Crippen LogP contribution in [0.3, 0.4) is 0 Å². The van der Waals surface area contributed by atoms with E-state index in [4.69, 9.17) is 10.00 Å². The van der Waals surface area contributed by atoms with Gasteiger partial charge >= 0.3 is 0 Å². The number of hydrogen-bond donors (Lipinski definition) is 0. The quantitative estimate of drug-likeness (QED) is 0.803. The van der Waals surface area contributed by atoms with Gasteiger partial charge in [0, 0.05) is 5.56 Å². The lowest BCUT2D eigenvalue weighted by Crippen LogP contribution is -1.99. The molecule has 2 aromatic rings. The van der Waals surface area contributed by atoms with Gasteiger partial charge in [-0.2, -0.15) is 5.26 Å². The Labute approximate surface area is 114 Å². The fourth-order valence-electron chi connectivity index (χ4n) is 1.67. The van der Waals surface area contributed by atoms with Gasteiger partial charge in [-0.1, -0.05) is 0 Å². The average molecular weight is 273 g/mol. The first-order chi connectivity index (χ1) is 9.62. The fourth-order valence-corrected chi connectivity index (χ4v) is 1.67. The zero-order valence-electron chi connectivity index (χ0n) is 10.3. The minimum absolute atomic E-state index is 0.0432. The van der Waals surface area contributed by atoms with E-state index in [1.165, 1.54) is 24.3 Å². The van der Waals surface area contributed by atoms with Gasteiger partial charge < -0.3 is 4.74 Å². The van der Waals surface area contributed by atoms with E-state index in [0.29, 0.717) is 11.8 Å². The number of aldehydes is 1. The molecule has 5 heteroatoms. The highest BCUT2D eigenvalue weighted by atomic mass is 19.1. The van der Waals surface area contributed by atoms with E-state index in [1.807, 2.05) is 6.07 Å². The van der Waals surface area contributed by atoms with Crippen molar-refractivity contribution in [3.8, 4) is 11.8 Å². The Hall–Kier alpha value is -2.74. The smallest absolute Gasteiger partial charge is 0.165 e. The summed E-state index contributed by atoms with van der Waals surface area (Å²) in [6.07, 6.45) is 0.526.